The quantitative estimate of drug-likeness (QED) is 0.420. The van der Waals surface area contributed by atoms with Gasteiger partial charge >= 0.3 is 0 Å². The minimum Gasteiger partial charge on any atom is -0.394 e. The molecule has 4 rings (SSSR count). The molecule has 28 heavy (non-hydrogen) atoms. The Hall–Kier alpha value is -1.02. The van der Waals surface area contributed by atoms with Crippen LogP contribution in [0.25, 0.3) is 0 Å². The number of hydrogen-bond acceptors (Lipinski definition) is 6. The van der Waals surface area contributed by atoms with Crippen LogP contribution in [0.4, 0.5) is 0 Å². The SMILES string of the molecule is C[C@@H]1[C@@H](NC(=O)[C@@H]2[C@H]([C@H](C)O)[C@H](CO)ON2CCCC=O)C[C@@H]2C[C@H]1C2(C)C. The summed E-state index contributed by atoms with van der Waals surface area (Å²) < 4.78 is 0. The van der Waals surface area contributed by atoms with Gasteiger partial charge in [0.2, 0.25) is 5.91 Å². The van der Waals surface area contributed by atoms with Gasteiger partial charge in [-0.3, -0.25) is 9.63 Å². The van der Waals surface area contributed by atoms with Gasteiger partial charge in [-0.1, -0.05) is 20.8 Å². The summed E-state index contributed by atoms with van der Waals surface area (Å²) in [5.74, 6) is 1.02. The number of unbranched alkanes of at least 4 members (excludes halogenated alkanes) is 1. The molecule has 7 heteroatoms. The first-order valence-corrected chi connectivity index (χ1v) is 10.7. The van der Waals surface area contributed by atoms with Gasteiger partial charge in [0.05, 0.1) is 12.7 Å². The predicted octanol–water partition coefficient (Wildman–Crippen LogP) is 1.13. The highest BCUT2D eigenvalue weighted by molar-refractivity contribution is 5.82. The van der Waals surface area contributed by atoms with Crippen LogP contribution in [0, 0.1) is 29.1 Å². The molecule has 8 atom stereocenters. The second-order valence-electron chi connectivity index (χ2n) is 9.61. The molecular weight excluding hydrogens is 360 g/mol. The summed E-state index contributed by atoms with van der Waals surface area (Å²) in [4.78, 5) is 29.7. The number of carbonyl (C=O) groups is 2. The zero-order chi connectivity index (χ0) is 20.6. The van der Waals surface area contributed by atoms with E-state index >= 15 is 0 Å². The zero-order valence-electron chi connectivity index (χ0n) is 17.5. The molecule has 0 radical (unpaired) electrons. The lowest BCUT2D eigenvalue weighted by atomic mass is 9.45. The van der Waals surface area contributed by atoms with Gasteiger partial charge in [0, 0.05) is 24.9 Å². The molecule has 1 amide bonds. The Labute approximate surface area is 167 Å². The highest BCUT2D eigenvalue weighted by Gasteiger charge is 2.57. The maximum absolute atomic E-state index is 13.3. The van der Waals surface area contributed by atoms with Crippen molar-refractivity contribution in [3.63, 3.8) is 0 Å². The van der Waals surface area contributed by atoms with Crippen molar-refractivity contribution in [1.82, 2.24) is 10.4 Å². The van der Waals surface area contributed by atoms with E-state index in [2.05, 4.69) is 26.1 Å². The maximum atomic E-state index is 13.3. The van der Waals surface area contributed by atoms with Crippen LogP contribution in [0.15, 0.2) is 0 Å². The Morgan fingerprint density at radius 1 is 1.39 bits per heavy atom. The molecule has 1 aliphatic heterocycles. The Balaban J connectivity index is 1.71. The average Bonchev–Trinajstić information content (AvgIpc) is 3.02. The maximum Gasteiger partial charge on any atom is 0.240 e. The van der Waals surface area contributed by atoms with Crippen LogP contribution in [0.2, 0.25) is 0 Å². The number of hydrogen-bond donors (Lipinski definition) is 3. The van der Waals surface area contributed by atoms with Gasteiger partial charge in [0.15, 0.2) is 0 Å². The molecule has 3 saturated carbocycles. The van der Waals surface area contributed by atoms with E-state index in [1.807, 2.05) is 0 Å². The molecule has 4 fully saturated rings. The first kappa shape index (κ1) is 21.7. The lowest BCUT2D eigenvalue weighted by Gasteiger charge is -2.62. The number of carbonyl (C=O) groups excluding carboxylic acids is 2. The molecular formula is C21H36N2O5. The first-order chi connectivity index (χ1) is 13.2. The Bertz CT molecular complexity index is 581. The summed E-state index contributed by atoms with van der Waals surface area (Å²) in [6.07, 6.45) is 2.61. The van der Waals surface area contributed by atoms with Crippen LogP contribution in [-0.2, 0) is 14.4 Å². The van der Waals surface area contributed by atoms with Crippen LogP contribution in [0.3, 0.4) is 0 Å². The third-order valence-corrected chi connectivity index (χ3v) is 7.76. The number of fused-ring (bicyclic) bond motifs is 2. The molecule has 1 heterocycles. The summed E-state index contributed by atoms with van der Waals surface area (Å²) in [6, 6.07) is -0.536. The van der Waals surface area contributed by atoms with Crippen molar-refractivity contribution >= 4 is 12.2 Å². The number of aldehydes is 1. The van der Waals surface area contributed by atoms with Crippen LogP contribution >= 0.6 is 0 Å². The molecule has 0 spiro atoms. The van der Waals surface area contributed by atoms with Gasteiger partial charge in [0.25, 0.3) is 0 Å². The first-order valence-electron chi connectivity index (χ1n) is 10.7. The fourth-order valence-electron chi connectivity index (χ4n) is 5.87. The Kier molecular flexibility index (Phi) is 6.49. The van der Waals surface area contributed by atoms with Crippen LogP contribution in [0.1, 0.15) is 53.4 Å². The second-order valence-corrected chi connectivity index (χ2v) is 9.61. The van der Waals surface area contributed by atoms with Crippen LogP contribution in [0.5, 0.6) is 0 Å². The van der Waals surface area contributed by atoms with Crippen molar-refractivity contribution in [3.05, 3.63) is 0 Å². The molecule has 0 aromatic heterocycles. The molecule has 1 saturated heterocycles. The second kappa shape index (κ2) is 8.38. The number of nitrogens with zero attached hydrogens (tertiary/aromatic N) is 1. The number of rotatable bonds is 8. The summed E-state index contributed by atoms with van der Waals surface area (Å²) in [6.45, 7) is 8.66. The van der Waals surface area contributed by atoms with Gasteiger partial charge in [0.1, 0.15) is 18.4 Å². The third-order valence-electron chi connectivity index (χ3n) is 7.76. The topological polar surface area (TPSA) is 99.1 Å². The number of aliphatic hydroxyl groups excluding tert-OH is 2. The summed E-state index contributed by atoms with van der Waals surface area (Å²) in [5, 5.41) is 24.8. The van der Waals surface area contributed by atoms with Gasteiger partial charge in [-0.2, -0.15) is 5.06 Å². The lowest BCUT2D eigenvalue weighted by molar-refractivity contribution is -0.178. The molecule has 0 unspecified atom stereocenters. The van der Waals surface area contributed by atoms with Crippen molar-refractivity contribution < 1.29 is 24.6 Å². The molecule has 3 N–H and O–H groups in total. The fourth-order valence-corrected chi connectivity index (χ4v) is 5.87. The van der Waals surface area contributed by atoms with Gasteiger partial charge in [-0.05, 0) is 49.4 Å². The standard InChI is InChI=1S/C21H36N2O5/c1-12-15-9-14(21(15,3)4)10-16(12)22-20(27)19-18(13(2)26)17(11-25)28-23(19)7-5-6-8-24/h8,12-19,25-26H,5-7,9-11H2,1-4H3,(H,22,27)/t12-,13-,14-,15+,16-,17-,18+,19-/m0/s1. The van der Waals surface area contributed by atoms with E-state index in [0.29, 0.717) is 42.6 Å². The molecule has 160 valence electrons. The number of nitrogens with one attached hydrogen (secondary N) is 1. The van der Waals surface area contributed by atoms with E-state index in [0.717, 1.165) is 12.7 Å². The van der Waals surface area contributed by atoms with Crippen LogP contribution in [-0.4, -0.2) is 64.9 Å². The summed E-state index contributed by atoms with van der Waals surface area (Å²) in [5.41, 5.74) is 0.349. The molecule has 3 aliphatic carbocycles. The van der Waals surface area contributed by atoms with E-state index in [1.165, 1.54) is 6.42 Å². The van der Waals surface area contributed by atoms with Crippen molar-refractivity contribution in [2.45, 2.75) is 77.7 Å². The Morgan fingerprint density at radius 2 is 2.11 bits per heavy atom. The normalized spacial score (nSPS) is 40.6. The van der Waals surface area contributed by atoms with Gasteiger partial charge < -0.3 is 20.3 Å². The number of amides is 1. The third kappa shape index (κ3) is 3.74. The average molecular weight is 397 g/mol. The molecule has 7 nitrogen and oxygen atoms in total. The van der Waals surface area contributed by atoms with E-state index in [-0.39, 0.29) is 18.6 Å². The van der Waals surface area contributed by atoms with E-state index in [1.54, 1.807) is 12.0 Å². The van der Waals surface area contributed by atoms with E-state index < -0.39 is 24.2 Å². The summed E-state index contributed by atoms with van der Waals surface area (Å²) in [7, 11) is 0. The molecule has 4 aliphatic rings. The fraction of sp³-hybridized carbons (Fsp3) is 0.905. The predicted molar refractivity (Wildman–Crippen MR) is 104 cm³/mol. The van der Waals surface area contributed by atoms with Gasteiger partial charge in [-0.15, -0.1) is 0 Å². The van der Waals surface area contributed by atoms with Crippen LogP contribution < -0.4 is 5.32 Å². The highest BCUT2D eigenvalue weighted by Crippen LogP contribution is 2.61. The highest BCUT2D eigenvalue weighted by atomic mass is 16.7. The molecule has 0 aromatic carbocycles. The monoisotopic (exact) mass is 396 g/mol. The van der Waals surface area contributed by atoms with Crippen molar-refractivity contribution in [1.29, 1.82) is 0 Å². The zero-order valence-corrected chi connectivity index (χ0v) is 17.5. The van der Waals surface area contributed by atoms with Crippen molar-refractivity contribution in [2.75, 3.05) is 13.2 Å². The number of hydroxylamine groups is 2. The van der Waals surface area contributed by atoms with Crippen molar-refractivity contribution in [3.8, 4) is 0 Å². The Morgan fingerprint density at radius 3 is 2.64 bits per heavy atom. The smallest absolute Gasteiger partial charge is 0.240 e. The van der Waals surface area contributed by atoms with E-state index in [4.69, 9.17) is 4.84 Å². The molecule has 0 aromatic rings. The van der Waals surface area contributed by atoms with E-state index in [9.17, 15) is 19.8 Å². The minimum atomic E-state index is -0.792. The van der Waals surface area contributed by atoms with Crippen molar-refractivity contribution in [2.24, 2.45) is 29.1 Å². The summed E-state index contributed by atoms with van der Waals surface area (Å²) >= 11 is 0. The number of aliphatic hydroxyl groups is 2. The lowest BCUT2D eigenvalue weighted by Crippen LogP contribution is -2.62. The molecule has 2 bridgehead atoms. The van der Waals surface area contributed by atoms with Gasteiger partial charge in [-0.25, -0.2) is 0 Å². The minimum absolute atomic E-state index is 0.129. The largest absolute Gasteiger partial charge is 0.394 e.